The zero-order valence-electron chi connectivity index (χ0n) is 11.0. The lowest BCUT2D eigenvalue weighted by Gasteiger charge is -2.06. The summed E-state index contributed by atoms with van der Waals surface area (Å²) in [5.74, 6) is 0.372. The standard InChI is InChI=1S/C13H11Cl2N5S/c1-2-20-12-10(11(16)17-6-18-12)19-13(20)21-9-4-3-7(14)5-8(9)15/h3-6H,2H2,1H3,(H2,16,17,18). The van der Waals surface area contributed by atoms with E-state index in [4.69, 9.17) is 28.9 Å². The normalized spacial score (nSPS) is 11.2. The third-order valence-corrected chi connectivity index (χ3v) is 4.67. The Morgan fingerprint density at radius 1 is 1.29 bits per heavy atom. The van der Waals surface area contributed by atoms with Crippen molar-refractivity contribution in [3.05, 3.63) is 34.6 Å². The number of benzene rings is 1. The molecule has 0 saturated carbocycles. The number of aryl methyl sites for hydroxylation is 1. The van der Waals surface area contributed by atoms with Crippen molar-refractivity contribution in [2.45, 2.75) is 23.5 Å². The largest absolute Gasteiger partial charge is 0.382 e. The average Bonchev–Trinajstić information content (AvgIpc) is 2.81. The van der Waals surface area contributed by atoms with E-state index in [1.165, 1.54) is 18.1 Å². The SMILES string of the molecule is CCn1c(Sc2ccc(Cl)cc2Cl)nc2c(N)ncnc21. The fourth-order valence-corrected chi connectivity index (χ4v) is 3.43. The summed E-state index contributed by atoms with van der Waals surface area (Å²) in [6.45, 7) is 2.74. The van der Waals surface area contributed by atoms with Gasteiger partial charge in [0.25, 0.3) is 0 Å². The van der Waals surface area contributed by atoms with Crippen LogP contribution >= 0.6 is 35.0 Å². The highest BCUT2D eigenvalue weighted by Crippen LogP contribution is 2.35. The zero-order chi connectivity index (χ0) is 15.0. The van der Waals surface area contributed by atoms with Gasteiger partial charge in [-0.25, -0.2) is 15.0 Å². The maximum Gasteiger partial charge on any atom is 0.175 e. The minimum atomic E-state index is 0.372. The van der Waals surface area contributed by atoms with Crippen LogP contribution in [0.4, 0.5) is 5.82 Å². The van der Waals surface area contributed by atoms with Crippen molar-refractivity contribution in [2.75, 3.05) is 5.73 Å². The quantitative estimate of drug-likeness (QED) is 0.783. The van der Waals surface area contributed by atoms with Gasteiger partial charge in [0.05, 0.1) is 5.02 Å². The van der Waals surface area contributed by atoms with Crippen LogP contribution < -0.4 is 5.73 Å². The van der Waals surface area contributed by atoms with Crippen molar-refractivity contribution in [1.82, 2.24) is 19.5 Å². The lowest BCUT2D eigenvalue weighted by Crippen LogP contribution is -1.98. The van der Waals surface area contributed by atoms with Gasteiger partial charge in [0, 0.05) is 16.5 Å². The molecule has 5 nitrogen and oxygen atoms in total. The number of aromatic nitrogens is 4. The van der Waals surface area contributed by atoms with Gasteiger partial charge >= 0.3 is 0 Å². The number of rotatable bonds is 3. The van der Waals surface area contributed by atoms with Crippen LogP contribution in [0.15, 0.2) is 34.6 Å². The molecule has 0 aliphatic heterocycles. The second-order valence-corrected chi connectivity index (χ2v) is 6.10. The van der Waals surface area contributed by atoms with E-state index >= 15 is 0 Å². The molecule has 108 valence electrons. The van der Waals surface area contributed by atoms with Gasteiger partial charge < -0.3 is 10.3 Å². The van der Waals surface area contributed by atoms with Crippen LogP contribution in [0.25, 0.3) is 11.2 Å². The number of nitrogen functional groups attached to an aromatic ring is 1. The van der Waals surface area contributed by atoms with Gasteiger partial charge in [0.1, 0.15) is 6.33 Å². The van der Waals surface area contributed by atoms with E-state index < -0.39 is 0 Å². The molecule has 3 rings (SSSR count). The number of fused-ring (bicyclic) bond motifs is 1. The Bertz CT molecular complexity index is 818. The summed E-state index contributed by atoms with van der Waals surface area (Å²) in [5, 5.41) is 1.95. The van der Waals surface area contributed by atoms with Crippen LogP contribution in [0.5, 0.6) is 0 Å². The summed E-state index contributed by atoms with van der Waals surface area (Å²) in [6, 6.07) is 5.37. The molecule has 0 aliphatic carbocycles. The monoisotopic (exact) mass is 339 g/mol. The third kappa shape index (κ3) is 2.66. The summed E-state index contributed by atoms with van der Waals surface area (Å²) in [7, 11) is 0. The first kappa shape index (κ1) is 14.4. The van der Waals surface area contributed by atoms with Crippen LogP contribution in [0.2, 0.25) is 10.0 Å². The molecule has 2 heterocycles. The van der Waals surface area contributed by atoms with Crippen molar-refractivity contribution in [3.63, 3.8) is 0 Å². The highest BCUT2D eigenvalue weighted by atomic mass is 35.5. The summed E-state index contributed by atoms with van der Waals surface area (Å²) < 4.78 is 1.98. The lowest BCUT2D eigenvalue weighted by molar-refractivity contribution is 0.696. The minimum absolute atomic E-state index is 0.372. The van der Waals surface area contributed by atoms with Crippen LogP contribution in [0.1, 0.15) is 6.92 Å². The number of halogens is 2. The van der Waals surface area contributed by atoms with Gasteiger partial charge in [0.15, 0.2) is 22.1 Å². The second-order valence-electron chi connectivity index (χ2n) is 4.25. The fraction of sp³-hybridized carbons (Fsp3) is 0.154. The van der Waals surface area contributed by atoms with E-state index in [2.05, 4.69) is 15.0 Å². The molecular weight excluding hydrogens is 329 g/mol. The number of imidazole rings is 1. The zero-order valence-corrected chi connectivity index (χ0v) is 13.4. The first-order valence-electron chi connectivity index (χ1n) is 6.19. The Labute approximate surface area is 135 Å². The van der Waals surface area contributed by atoms with E-state index in [0.29, 0.717) is 21.4 Å². The molecule has 3 aromatic rings. The molecule has 21 heavy (non-hydrogen) atoms. The Hall–Kier alpha value is -1.50. The van der Waals surface area contributed by atoms with Crippen LogP contribution in [0.3, 0.4) is 0 Å². The number of anilines is 1. The van der Waals surface area contributed by atoms with Gasteiger partial charge in [-0.05, 0) is 25.1 Å². The molecule has 0 unspecified atom stereocenters. The number of nitrogens with two attached hydrogens (primary N) is 1. The number of nitrogens with zero attached hydrogens (tertiary/aromatic N) is 4. The first-order valence-corrected chi connectivity index (χ1v) is 7.77. The number of hydrogen-bond donors (Lipinski definition) is 1. The summed E-state index contributed by atoms with van der Waals surface area (Å²) in [4.78, 5) is 13.6. The molecule has 2 aromatic heterocycles. The van der Waals surface area contributed by atoms with Crippen LogP contribution in [-0.2, 0) is 6.54 Å². The van der Waals surface area contributed by atoms with Crippen molar-refractivity contribution >= 4 is 51.9 Å². The molecule has 0 bridgehead atoms. The van der Waals surface area contributed by atoms with Crippen LogP contribution in [0, 0.1) is 0 Å². The van der Waals surface area contributed by atoms with Crippen molar-refractivity contribution in [3.8, 4) is 0 Å². The number of hydrogen-bond acceptors (Lipinski definition) is 5. The molecule has 0 fully saturated rings. The molecule has 8 heteroatoms. The summed E-state index contributed by atoms with van der Waals surface area (Å²) in [5.41, 5.74) is 7.18. The van der Waals surface area contributed by atoms with Crippen LogP contribution in [-0.4, -0.2) is 19.5 Å². The highest BCUT2D eigenvalue weighted by Gasteiger charge is 2.15. The summed E-state index contributed by atoms with van der Waals surface area (Å²) >= 11 is 13.6. The van der Waals surface area contributed by atoms with Gasteiger partial charge in [-0.2, -0.15) is 0 Å². The lowest BCUT2D eigenvalue weighted by atomic mass is 10.4. The predicted molar refractivity (Wildman–Crippen MR) is 86.0 cm³/mol. The topological polar surface area (TPSA) is 69.6 Å². The molecule has 0 aliphatic rings. The van der Waals surface area contributed by atoms with Crippen molar-refractivity contribution < 1.29 is 0 Å². The van der Waals surface area contributed by atoms with E-state index in [1.807, 2.05) is 17.6 Å². The van der Waals surface area contributed by atoms with E-state index in [0.717, 1.165) is 22.2 Å². The highest BCUT2D eigenvalue weighted by molar-refractivity contribution is 7.99. The van der Waals surface area contributed by atoms with Crippen molar-refractivity contribution in [2.24, 2.45) is 0 Å². The smallest absolute Gasteiger partial charge is 0.175 e. The van der Waals surface area contributed by atoms with Crippen molar-refractivity contribution in [1.29, 1.82) is 0 Å². The molecular formula is C13H11Cl2N5S. The minimum Gasteiger partial charge on any atom is -0.382 e. The Balaban J connectivity index is 2.10. The van der Waals surface area contributed by atoms with Gasteiger partial charge in [-0.3, -0.25) is 0 Å². The molecule has 0 spiro atoms. The summed E-state index contributed by atoms with van der Waals surface area (Å²) in [6.07, 6.45) is 1.44. The molecule has 0 amide bonds. The van der Waals surface area contributed by atoms with E-state index in [1.54, 1.807) is 12.1 Å². The van der Waals surface area contributed by atoms with Gasteiger partial charge in [-0.1, -0.05) is 35.0 Å². The molecule has 0 radical (unpaired) electrons. The molecule has 0 atom stereocenters. The van der Waals surface area contributed by atoms with Gasteiger partial charge in [0.2, 0.25) is 0 Å². The average molecular weight is 340 g/mol. The van der Waals surface area contributed by atoms with E-state index in [-0.39, 0.29) is 0 Å². The molecule has 1 aromatic carbocycles. The maximum absolute atomic E-state index is 6.21. The third-order valence-electron chi connectivity index (χ3n) is 2.94. The van der Waals surface area contributed by atoms with Gasteiger partial charge in [-0.15, -0.1) is 0 Å². The Morgan fingerprint density at radius 3 is 2.81 bits per heavy atom. The first-order chi connectivity index (χ1) is 10.1. The van der Waals surface area contributed by atoms with E-state index in [9.17, 15) is 0 Å². The molecule has 0 saturated heterocycles. The molecule has 2 N–H and O–H groups in total. The Kier molecular flexibility index (Phi) is 3.93. The maximum atomic E-state index is 6.21. The second kappa shape index (κ2) is 5.71. The Morgan fingerprint density at radius 2 is 2.10 bits per heavy atom. The predicted octanol–water partition coefficient (Wildman–Crippen LogP) is 3.89. The fourth-order valence-electron chi connectivity index (χ4n) is 1.95.